The van der Waals surface area contributed by atoms with Crippen molar-refractivity contribution in [3.63, 3.8) is 0 Å². The van der Waals surface area contributed by atoms with Gasteiger partial charge in [-0.3, -0.25) is 0 Å². The van der Waals surface area contributed by atoms with E-state index in [1.54, 1.807) is 0 Å². The maximum Gasteiger partial charge on any atom is 0.197 e. The summed E-state index contributed by atoms with van der Waals surface area (Å²) in [7, 11) is 0. The molecule has 1 aromatic carbocycles. The normalized spacial score (nSPS) is 13.0. The van der Waals surface area contributed by atoms with Gasteiger partial charge in [0.15, 0.2) is 16.1 Å². The van der Waals surface area contributed by atoms with Gasteiger partial charge >= 0.3 is 0 Å². The molecule has 0 saturated heterocycles. The Hall–Kier alpha value is -1.26. The Morgan fingerprint density at radius 1 is 1.17 bits per heavy atom. The SMILES string of the molecule is ClC(Cc1nc2ccccc2o1)c1ccc(Br)o1. The van der Waals surface area contributed by atoms with Crippen molar-refractivity contribution in [2.45, 2.75) is 11.8 Å². The number of benzene rings is 1. The highest BCUT2D eigenvalue weighted by Crippen LogP contribution is 2.29. The molecule has 2 heterocycles. The lowest BCUT2D eigenvalue weighted by Gasteiger charge is -2.02. The van der Waals surface area contributed by atoms with Crippen molar-refractivity contribution >= 4 is 38.6 Å². The molecule has 0 amide bonds. The highest BCUT2D eigenvalue weighted by Gasteiger charge is 2.16. The Kier molecular flexibility index (Phi) is 3.14. The maximum atomic E-state index is 6.27. The van der Waals surface area contributed by atoms with Crippen LogP contribution in [0.2, 0.25) is 0 Å². The van der Waals surface area contributed by atoms with E-state index in [9.17, 15) is 0 Å². The molecule has 0 aliphatic heterocycles. The molecule has 0 aliphatic rings. The molecule has 1 atom stereocenters. The van der Waals surface area contributed by atoms with Gasteiger partial charge in [0, 0.05) is 6.42 Å². The summed E-state index contributed by atoms with van der Waals surface area (Å²) in [5.74, 6) is 1.31. The van der Waals surface area contributed by atoms with Crippen LogP contribution in [0.4, 0.5) is 0 Å². The summed E-state index contributed by atoms with van der Waals surface area (Å²) in [5, 5.41) is -0.288. The topological polar surface area (TPSA) is 39.2 Å². The van der Waals surface area contributed by atoms with Crippen molar-refractivity contribution in [3.8, 4) is 0 Å². The highest BCUT2D eigenvalue weighted by molar-refractivity contribution is 9.10. The lowest BCUT2D eigenvalue weighted by molar-refractivity contribution is 0.460. The first-order valence-electron chi connectivity index (χ1n) is 5.46. The molecule has 92 valence electrons. The van der Waals surface area contributed by atoms with Gasteiger partial charge in [0.2, 0.25) is 0 Å². The van der Waals surface area contributed by atoms with Gasteiger partial charge < -0.3 is 8.83 Å². The quantitative estimate of drug-likeness (QED) is 0.655. The predicted molar refractivity (Wildman–Crippen MR) is 72.7 cm³/mol. The van der Waals surface area contributed by atoms with Crippen molar-refractivity contribution < 1.29 is 8.83 Å². The lowest BCUT2D eigenvalue weighted by atomic mass is 10.2. The Labute approximate surface area is 117 Å². The molecule has 0 bridgehead atoms. The maximum absolute atomic E-state index is 6.27. The molecule has 3 aromatic rings. The Balaban J connectivity index is 1.83. The Bertz CT molecular complexity index is 643. The van der Waals surface area contributed by atoms with Crippen LogP contribution in [0.5, 0.6) is 0 Å². The number of oxazole rings is 1. The molecule has 18 heavy (non-hydrogen) atoms. The van der Waals surface area contributed by atoms with Crippen LogP contribution in [0.25, 0.3) is 11.1 Å². The third kappa shape index (κ3) is 2.31. The summed E-state index contributed by atoms with van der Waals surface area (Å²) >= 11 is 9.52. The summed E-state index contributed by atoms with van der Waals surface area (Å²) in [6, 6.07) is 11.3. The second kappa shape index (κ2) is 4.78. The van der Waals surface area contributed by atoms with Crippen molar-refractivity contribution in [1.29, 1.82) is 0 Å². The summed E-state index contributed by atoms with van der Waals surface area (Å²) in [6.07, 6.45) is 0.496. The van der Waals surface area contributed by atoms with E-state index in [4.69, 9.17) is 20.4 Å². The second-order valence-corrected chi connectivity index (χ2v) is 5.20. The second-order valence-electron chi connectivity index (χ2n) is 3.89. The number of para-hydroxylation sites is 2. The van der Waals surface area contributed by atoms with Crippen LogP contribution >= 0.6 is 27.5 Å². The summed E-state index contributed by atoms with van der Waals surface area (Å²) < 4.78 is 11.7. The number of nitrogens with zero attached hydrogens (tertiary/aromatic N) is 1. The molecule has 0 radical (unpaired) electrons. The average molecular weight is 327 g/mol. The molecule has 0 N–H and O–H groups in total. The summed E-state index contributed by atoms with van der Waals surface area (Å²) in [5.41, 5.74) is 1.62. The minimum absolute atomic E-state index is 0.288. The number of hydrogen-bond acceptors (Lipinski definition) is 3. The van der Waals surface area contributed by atoms with Crippen molar-refractivity contribution in [2.24, 2.45) is 0 Å². The lowest BCUT2D eigenvalue weighted by Crippen LogP contribution is -1.94. The number of aromatic nitrogens is 1. The van der Waals surface area contributed by atoms with Crippen LogP contribution in [-0.2, 0) is 6.42 Å². The Morgan fingerprint density at radius 3 is 2.72 bits per heavy atom. The molecule has 2 aromatic heterocycles. The smallest absolute Gasteiger partial charge is 0.197 e. The average Bonchev–Trinajstić information content (AvgIpc) is 2.94. The van der Waals surface area contributed by atoms with Crippen LogP contribution in [0.1, 0.15) is 17.0 Å². The number of alkyl halides is 1. The van der Waals surface area contributed by atoms with Crippen molar-refractivity contribution in [1.82, 2.24) is 4.98 Å². The molecule has 5 heteroatoms. The van der Waals surface area contributed by atoms with E-state index < -0.39 is 0 Å². The zero-order valence-corrected chi connectivity index (χ0v) is 11.6. The first-order valence-corrected chi connectivity index (χ1v) is 6.69. The Morgan fingerprint density at radius 2 is 2.00 bits per heavy atom. The van der Waals surface area contributed by atoms with E-state index in [-0.39, 0.29) is 5.38 Å². The molecule has 0 saturated carbocycles. The predicted octanol–water partition coefficient (Wildman–Crippen LogP) is 4.71. The van der Waals surface area contributed by atoms with Gasteiger partial charge in [-0.1, -0.05) is 12.1 Å². The van der Waals surface area contributed by atoms with Gasteiger partial charge in [-0.25, -0.2) is 4.98 Å². The van der Waals surface area contributed by atoms with Gasteiger partial charge in [0.1, 0.15) is 16.7 Å². The van der Waals surface area contributed by atoms with Crippen LogP contribution in [0.3, 0.4) is 0 Å². The molecule has 0 spiro atoms. The van der Waals surface area contributed by atoms with Gasteiger partial charge in [-0.2, -0.15) is 0 Å². The number of furan rings is 1. The van der Waals surface area contributed by atoms with Gasteiger partial charge in [0.05, 0.1) is 0 Å². The van der Waals surface area contributed by atoms with Gasteiger partial charge in [0.25, 0.3) is 0 Å². The fraction of sp³-hybridized carbons (Fsp3) is 0.154. The molecular weight excluding hydrogens is 318 g/mol. The van der Waals surface area contributed by atoms with Crippen LogP contribution < -0.4 is 0 Å². The molecule has 3 nitrogen and oxygen atoms in total. The molecule has 3 rings (SSSR count). The van der Waals surface area contributed by atoms with Crippen molar-refractivity contribution in [3.05, 3.63) is 52.7 Å². The largest absolute Gasteiger partial charge is 0.453 e. The van der Waals surface area contributed by atoms with E-state index in [1.807, 2.05) is 36.4 Å². The van der Waals surface area contributed by atoms with E-state index in [1.165, 1.54) is 0 Å². The fourth-order valence-corrected chi connectivity index (χ4v) is 2.33. The third-order valence-electron chi connectivity index (χ3n) is 2.59. The first kappa shape index (κ1) is 11.8. The summed E-state index contributed by atoms with van der Waals surface area (Å²) in [6.45, 7) is 0. The van der Waals surface area contributed by atoms with Crippen LogP contribution in [-0.4, -0.2) is 4.98 Å². The number of halogens is 2. The van der Waals surface area contributed by atoms with Gasteiger partial charge in [-0.05, 0) is 40.2 Å². The number of rotatable bonds is 3. The van der Waals surface area contributed by atoms with Gasteiger partial charge in [-0.15, -0.1) is 11.6 Å². The van der Waals surface area contributed by atoms with E-state index in [0.29, 0.717) is 22.7 Å². The first-order chi connectivity index (χ1) is 8.72. The minimum atomic E-state index is -0.288. The standard InChI is InChI=1S/C13H9BrClNO2/c14-12-6-5-10(17-12)8(15)7-13-16-9-3-1-2-4-11(9)18-13/h1-6,8H,7H2. The van der Waals surface area contributed by atoms with Crippen molar-refractivity contribution in [2.75, 3.05) is 0 Å². The number of fused-ring (bicyclic) bond motifs is 1. The molecule has 1 unspecified atom stereocenters. The molecule has 0 aliphatic carbocycles. The molecular formula is C13H9BrClNO2. The van der Waals surface area contributed by atoms with Crippen LogP contribution in [0.15, 0.2) is 49.9 Å². The highest BCUT2D eigenvalue weighted by atomic mass is 79.9. The van der Waals surface area contributed by atoms with E-state index in [2.05, 4.69) is 20.9 Å². The monoisotopic (exact) mass is 325 g/mol. The number of hydrogen-bond donors (Lipinski definition) is 0. The molecule has 0 fully saturated rings. The fourth-order valence-electron chi connectivity index (χ4n) is 1.76. The van der Waals surface area contributed by atoms with E-state index in [0.717, 1.165) is 11.1 Å². The van der Waals surface area contributed by atoms with E-state index >= 15 is 0 Å². The zero-order valence-electron chi connectivity index (χ0n) is 9.27. The third-order valence-corrected chi connectivity index (χ3v) is 3.39. The zero-order chi connectivity index (χ0) is 12.5. The van der Waals surface area contributed by atoms with Crippen LogP contribution in [0, 0.1) is 0 Å². The minimum Gasteiger partial charge on any atom is -0.453 e. The summed E-state index contributed by atoms with van der Waals surface area (Å²) in [4.78, 5) is 4.38.